The molecule has 3 rings (SSSR count). The van der Waals surface area contributed by atoms with Crippen LogP contribution in [0.3, 0.4) is 0 Å². The standard InChI is InChI=1S/C18H21NO4.ClH/c1-22-16-8-12-6-7-19(11-14(12)9-17(16)23-2)10-13-4-3-5-15(20)18(13)21;/h3-5,8-9,20-21H,6-7,10-11H2,1-2H3;1H. The molecule has 0 spiro atoms. The molecular formula is C18H22ClNO4. The summed E-state index contributed by atoms with van der Waals surface area (Å²) >= 11 is 0. The Morgan fingerprint density at radius 2 is 1.71 bits per heavy atom. The Kier molecular flexibility index (Phi) is 5.80. The third-order valence-electron chi connectivity index (χ3n) is 4.29. The monoisotopic (exact) mass is 351 g/mol. The van der Waals surface area contributed by atoms with Crippen molar-refractivity contribution in [3.8, 4) is 23.0 Å². The van der Waals surface area contributed by atoms with Gasteiger partial charge in [-0.15, -0.1) is 12.4 Å². The van der Waals surface area contributed by atoms with Gasteiger partial charge in [-0.25, -0.2) is 0 Å². The second kappa shape index (κ2) is 7.64. The Balaban J connectivity index is 0.00000208. The molecule has 6 heteroatoms. The van der Waals surface area contributed by atoms with Crippen LogP contribution in [0.2, 0.25) is 0 Å². The lowest BCUT2D eigenvalue weighted by molar-refractivity contribution is 0.240. The van der Waals surface area contributed by atoms with Crippen LogP contribution < -0.4 is 9.47 Å². The maximum absolute atomic E-state index is 9.96. The van der Waals surface area contributed by atoms with E-state index in [2.05, 4.69) is 4.90 Å². The number of para-hydroxylation sites is 1. The van der Waals surface area contributed by atoms with Crippen molar-refractivity contribution in [1.82, 2.24) is 4.90 Å². The number of hydrogen-bond donors (Lipinski definition) is 2. The summed E-state index contributed by atoms with van der Waals surface area (Å²) in [4.78, 5) is 2.24. The summed E-state index contributed by atoms with van der Waals surface area (Å²) in [5.74, 6) is 1.37. The summed E-state index contributed by atoms with van der Waals surface area (Å²) in [7, 11) is 3.28. The lowest BCUT2D eigenvalue weighted by Crippen LogP contribution is -2.30. The zero-order valence-electron chi connectivity index (χ0n) is 13.8. The maximum atomic E-state index is 9.96. The first kappa shape index (κ1) is 18.2. The molecule has 0 atom stereocenters. The maximum Gasteiger partial charge on any atom is 0.161 e. The molecule has 2 aromatic rings. The van der Waals surface area contributed by atoms with Crippen LogP contribution in [0.5, 0.6) is 23.0 Å². The van der Waals surface area contributed by atoms with E-state index in [1.165, 1.54) is 17.2 Å². The third-order valence-corrected chi connectivity index (χ3v) is 4.29. The highest BCUT2D eigenvalue weighted by Gasteiger charge is 2.20. The average molecular weight is 352 g/mol. The largest absolute Gasteiger partial charge is 0.504 e. The molecule has 0 saturated heterocycles. The Labute approximate surface area is 147 Å². The van der Waals surface area contributed by atoms with Crippen LogP contribution in [0.25, 0.3) is 0 Å². The fraction of sp³-hybridized carbons (Fsp3) is 0.333. The Hall–Kier alpha value is -2.11. The quantitative estimate of drug-likeness (QED) is 0.829. The van der Waals surface area contributed by atoms with E-state index in [0.717, 1.165) is 36.6 Å². The number of rotatable bonds is 4. The van der Waals surface area contributed by atoms with Gasteiger partial charge in [0, 0.05) is 25.2 Å². The predicted molar refractivity (Wildman–Crippen MR) is 94.4 cm³/mol. The van der Waals surface area contributed by atoms with E-state index in [1.54, 1.807) is 20.3 Å². The Bertz CT molecular complexity index is 720. The van der Waals surface area contributed by atoms with Crippen LogP contribution >= 0.6 is 12.4 Å². The minimum Gasteiger partial charge on any atom is -0.504 e. The van der Waals surface area contributed by atoms with Gasteiger partial charge in [0.15, 0.2) is 23.0 Å². The molecule has 0 saturated carbocycles. The molecule has 2 aromatic carbocycles. The minimum absolute atomic E-state index is 0. The second-order valence-corrected chi connectivity index (χ2v) is 5.72. The van der Waals surface area contributed by atoms with Crippen molar-refractivity contribution in [3.63, 3.8) is 0 Å². The molecule has 0 bridgehead atoms. The number of ether oxygens (including phenoxy) is 2. The summed E-state index contributed by atoms with van der Waals surface area (Å²) in [6.07, 6.45) is 0.912. The first-order valence-corrected chi connectivity index (χ1v) is 7.58. The second-order valence-electron chi connectivity index (χ2n) is 5.72. The fourth-order valence-corrected chi connectivity index (χ4v) is 3.02. The summed E-state index contributed by atoms with van der Waals surface area (Å²) in [5.41, 5.74) is 3.20. The van der Waals surface area contributed by atoms with Crippen molar-refractivity contribution in [1.29, 1.82) is 0 Å². The van der Waals surface area contributed by atoms with Crippen molar-refractivity contribution in [2.75, 3.05) is 20.8 Å². The van der Waals surface area contributed by atoms with Gasteiger partial charge < -0.3 is 19.7 Å². The smallest absolute Gasteiger partial charge is 0.161 e. The van der Waals surface area contributed by atoms with E-state index in [-0.39, 0.29) is 23.9 Å². The zero-order chi connectivity index (χ0) is 16.4. The summed E-state index contributed by atoms with van der Waals surface area (Å²) in [6.45, 7) is 2.25. The highest BCUT2D eigenvalue weighted by Crippen LogP contribution is 2.34. The predicted octanol–water partition coefficient (Wildman–Crippen LogP) is 3.10. The van der Waals surface area contributed by atoms with E-state index >= 15 is 0 Å². The Morgan fingerprint density at radius 3 is 2.38 bits per heavy atom. The van der Waals surface area contributed by atoms with Gasteiger partial charge in [-0.1, -0.05) is 12.1 Å². The van der Waals surface area contributed by atoms with Crippen molar-refractivity contribution in [2.24, 2.45) is 0 Å². The number of phenols is 2. The molecule has 1 aliphatic heterocycles. The highest BCUT2D eigenvalue weighted by molar-refractivity contribution is 5.85. The molecule has 24 heavy (non-hydrogen) atoms. The van der Waals surface area contributed by atoms with E-state index in [0.29, 0.717) is 6.54 Å². The van der Waals surface area contributed by atoms with Gasteiger partial charge in [-0.05, 0) is 35.7 Å². The molecule has 0 amide bonds. The van der Waals surface area contributed by atoms with Crippen LogP contribution in [0.1, 0.15) is 16.7 Å². The molecule has 2 N–H and O–H groups in total. The normalized spacial score (nSPS) is 13.8. The number of halogens is 1. The lowest BCUT2D eigenvalue weighted by Gasteiger charge is -2.29. The number of methoxy groups -OCH3 is 2. The first-order chi connectivity index (χ1) is 11.1. The fourth-order valence-electron chi connectivity index (χ4n) is 3.02. The molecule has 1 heterocycles. The molecule has 0 fully saturated rings. The molecule has 0 unspecified atom stereocenters. The highest BCUT2D eigenvalue weighted by atomic mass is 35.5. The number of hydrogen-bond acceptors (Lipinski definition) is 5. The van der Waals surface area contributed by atoms with Crippen LogP contribution in [-0.2, 0) is 19.5 Å². The summed E-state index contributed by atoms with van der Waals surface area (Å²) < 4.78 is 10.7. The van der Waals surface area contributed by atoms with E-state index < -0.39 is 0 Å². The van der Waals surface area contributed by atoms with Gasteiger partial charge in [0.05, 0.1) is 14.2 Å². The molecule has 5 nitrogen and oxygen atoms in total. The SMILES string of the molecule is COc1cc2c(cc1OC)CN(Cc1cccc(O)c1O)CC2.Cl. The van der Waals surface area contributed by atoms with Crippen LogP contribution in [0.4, 0.5) is 0 Å². The van der Waals surface area contributed by atoms with E-state index in [4.69, 9.17) is 9.47 Å². The molecule has 0 aromatic heterocycles. The molecule has 0 aliphatic carbocycles. The topological polar surface area (TPSA) is 62.2 Å². The van der Waals surface area contributed by atoms with Crippen molar-refractivity contribution >= 4 is 12.4 Å². The van der Waals surface area contributed by atoms with Crippen LogP contribution in [-0.4, -0.2) is 35.9 Å². The van der Waals surface area contributed by atoms with Gasteiger partial charge in [0.25, 0.3) is 0 Å². The van der Waals surface area contributed by atoms with Gasteiger partial charge >= 0.3 is 0 Å². The van der Waals surface area contributed by atoms with Crippen LogP contribution in [0.15, 0.2) is 30.3 Å². The zero-order valence-corrected chi connectivity index (χ0v) is 14.6. The van der Waals surface area contributed by atoms with E-state index in [1.807, 2.05) is 18.2 Å². The first-order valence-electron chi connectivity index (χ1n) is 7.58. The van der Waals surface area contributed by atoms with Gasteiger partial charge in [-0.2, -0.15) is 0 Å². The number of benzene rings is 2. The summed E-state index contributed by atoms with van der Waals surface area (Å²) in [6, 6.07) is 9.12. The minimum atomic E-state index is -0.0775. The molecule has 0 radical (unpaired) electrons. The average Bonchev–Trinajstić information content (AvgIpc) is 2.57. The van der Waals surface area contributed by atoms with Crippen molar-refractivity contribution in [3.05, 3.63) is 47.0 Å². The number of phenolic OH excluding ortho intramolecular Hbond substituents is 2. The van der Waals surface area contributed by atoms with Crippen molar-refractivity contribution in [2.45, 2.75) is 19.5 Å². The molecule has 1 aliphatic rings. The molecule has 130 valence electrons. The number of aromatic hydroxyl groups is 2. The van der Waals surface area contributed by atoms with Gasteiger partial charge in [0.2, 0.25) is 0 Å². The lowest BCUT2D eigenvalue weighted by atomic mass is 9.98. The summed E-state index contributed by atoms with van der Waals surface area (Å²) in [5, 5.41) is 19.6. The van der Waals surface area contributed by atoms with Gasteiger partial charge in [-0.3, -0.25) is 4.90 Å². The number of fused-ring (bicyclic) bond motifs is 1. The van der Waals surface area contributed by atoms with Gasteiger partial charge in [0.1, 0.15) is 0 Å². The third kappa shape index (κ3) is 3.52. The van der Waals surface area contributed by atoms with E-state index in [9.17, 15) is 10.2 Å². The number of nitrogens with zero attached hydrogens (tertiary/aromatic N) is 1. The van der Waals surface area contributed by atoms with Crippen LogP contribution in [0, 0.1) is 0 Å². The van der Waals surface area contributed by atoms with Crippen molar-refractivity contribution < 1.29 is 19.7 Å². The molecular weight excluding hydrogens is 330 g/mol. The Morgan fingerprint density at radius 1 is 1.04 bits per heavy atom.